The molecule has 0 bridgehead atoms. The van der Waals surface area contributed by atoms with Crippen molar-refractivity contribution in [2.75, 3.05) is 31.1 Å². The van der Waals surface area contributed by atoms with Crippen LogP contribution in [0, 0.1) is 13.8 Å². The molecule has 0 amide bonds. The molecule has 0 radical (unpaired) electrons. The van der Waals surface area contributed by atoms with Crippen molar-refractivity contribution < 1.29 is 8.42 Å². The molecule has 0 aliphatic carbocycles. The summed E-state index contributed by atoms with van der Waals surface area (Å²) < 4.78 is 27.4. The Hall–Kier alpha value is -1.88. The van der Waals surface area contributed by atoms with E-state index in [0.717, 1.165) is 16.4 Å². The molecule has 1 aliphatic rings. The van der Waals surface area contributed by atoms with E-state index in [1.54, 1.807) is 36.5 Å². The molecule has 0 atom stereocenters. The van der Waals surface area contributed by atoms with Crippen LogP contribution in [0.1, 0.15) is 11.5 Å². The number of aryl methyl sites for hydroxylation is 2. The highest BCUT2D eigenvalue weighted by molar-refractivity contribution is 7.89. The van der Waals surface area contributed by atoms with Gasteiger partial charge in [0.1, 0.15) is 10.7 Å². The summed E-state index contributed by atoms with van der Waals surface area (Å²) >= 11 is 3.24. The molecule has 1 saturated heterocycles. The van der Waals surface area contributed by atoms with E-state index < -0.39 is 10.0 Å². The van der Waals surface area contributed by atoms with Crippen LogP contribution in [0.15, 0.2) is 33.3 Å². The molecule has 27 heavy (non-hydrogen) atoms. The zero-order chi connectivity index (χ0) is 19.0. The van der Waals surface area contributed by atoms with Gasteiger partial charge in [-0.05, 0) is 25.3 Å². The van der Waals surface area contributed by atoms with E-state index in [2.05, 4.69) is 26.3 Å². The Bertz CT molecular complexity index is 1040. The average Bonchev–Trinajstić information content (AvgIpc) is 3.33. The standard InChI is InChI=1S/C17H19N5O2S3/c1-12-16(9-18-13(2)19-12)27(23,24)22-6-4-21(5-7-22)17-20-15(11-26-17)14-3-8-25-10-14/h3,8-11H,4-7H2,1-2H3. The van der Waals surface area contributed by atoms with Crippen LogP contribution in [0.5, 0.6) is 0 Å². The van der Waals surface area contributed by atoms with Gasteiger partial charge in [0, 0.05) is 42.5 Å². The highest BCUT2D eigenvalue weighted by atomic mass is 32.2. The summed E-state index contributed by atoms with van der Waals surface area (Å²) in [5.41, 5.74) is 2.59. The predicted molar refractivity (Wildman–Crippen MR) is 108 cm³/mol. The van der Waals surface area contributed by atoms with Crippen LogP contribution >= 0.6 is 22.7 Å². The quantitative estimate of drug-likeness (QED) is 0.645. The van der Waals surface area contributed by atoms with Gasteiger partial charge in [0.05, 0.1) is 17.6 Å². The van der Waals surface area contributed by atoms with Gasteiger partial charge in [0.15, 0.2) is 5.13 Å². The number of hydrogen-bond donors (Lipinski definition) is 0. The van der Waals surface area contributed by atoms with E-state index in [1.165, 1.54) is 10.5 Å². The minimum Gasteiger partial charge on any atom is -0.345 e. The molecule has 1 aliphatic heterocycles. The number of aromatic nitrogens is 3. The lowest BCUT2D eigenvalue weighted by Gasteiger charge is -2.33. The minimum absolute atomic E-state index is 0.190. The molecule has 0 spiro atoms. The van der Waals surface area contributed by atoms with Crippen molar-refractivity contribution in [2.24, 2.45) is 0 Å². The number of hydrogen-bond acceptors (Lipinski definition) is 8. The Morgan fingerprint density at radius 3 is 2.52 bits per heavy atom. The summed E-state index contributed by atoms with van der Waals surface area (Å²) in [6, 6.07) is 2.06. The van der Waals surface area contributed by atoms with E-state index in [1.807, 2.05) is 10.8 Å². The smallest absolute Gasteiger partial charge is 0.246 e. The number of sulfonamides is 1. The first-order valence-corrected chi connectivity index (χ1v) is 11.7. The SMILES string of the molecule is Cc1ncc(S(=O)(=O)N2CCN(c3nc(-c4ccsc4)cs3)CC2)c(C)n1. The second-order valence-corrected chi connectivity index (χ2v) is 9.81. The summed E-state index contributed by atoms with van der Waals surface area (Å²) in [6.07, 6.45) is 1.41. The molecule has 3 aromatic rings. The second-order valence-electron chi connectivity index (χ2n) is 6.29. The fourth-order valence-corrected chi connectivity index (χ4v) is 6.10. The predicted octanol–water partition coefficient (Wildman–Crippen LogP) is 2.79. The molecule has 0 saturated carbocycles. The molecule has 1 fully saturated rings. The summed E-state index contributed by atoms with van der Waals surface area (Å²) in [5, 5.41) is 7.10. The van der Waals surface area contributed by atoms with Gasteiger partial charge >= 0.3 is 0 Å². The first-order valence-electron chi connectivity index (χ1n) is 8.48. The largest absolute Gasteiger partial charge is 0.345 e. The molecule has 0 aromatic carbocycles. The first-order chi connectivity index (χ1) is 12.9. The highest BCUT2D eigenvalue weighted by Gasteiger charge is 2.31. The third-order valence-electron chi connectivity index (χ3n) is 4.49. The van der Waals surface area contributed by atoms with Crippen LogP contribution in [0.3, 0.4) is 0 Å². The van der Waals surface area contributed by atoms with Gasteiger partial charge in [-0.3, -0.25) is 0 Å². The summed E-state index contributed by atoms with van der Waals surface area (Å²) in [6.45, 7) is 5.52. The van der Waals surface area contributed by atoms with Gasteiger partial charge in [-0.25, -0.2) is 23.4 Å². The second kappa shape index (κ2) is 7.27. The molecule has 4 rings (SSSR count). The van der Waals surface area contributed by atoms with E-state index >= 15 is 0 Å². The Morgan fingerprint density at radius 2 is 1.85 bits per heavy atom. The lowest BCUT2D eigenvalue weighted by Crippen LogP contribution is -2.48. The lowest BCUT2D eigenvalue weighted by atomic mass is 10.3. The lowest BCUT2D eigenvalue weighted by molar-refractivity contribution is 0.384. The van der Waals surface area contributed by atoms with Crippen molar-refractivity contribution in [3.05, 3.63) is 39.9 Å². The zero-order valence-corrected chi connectivity index (χ0v) is 17.4. The van der Waals surface area contributed by atoms with E-state index in [0.29, 0.717) is 37.7 Å². The van der Waals surface area contributed by atoms with Crippen molar-refractivity contribution >= 4 is 37.8 Å². The molecule has 10 heteroatoms. The van der Waals surface area contributed by atoms with Gasteiger partial charge in [0.25, 0.3) is 0 Å². The minimum atomic E-state index is -3.58. The molecular weight excluding hydrogens is 402 g/mol. The van der Waals surface area contributed by atoms with Gasteiger partial charge in [-0.1, -0.05) is 0 Å². The Balaban J connectivity index is 1.47. The van der Waals surface area contributed by atoms with Crippen molar-refractivity contribution in [1.82, 2.24) is 19.3 Å². The number of thiazole rings is 1. The van der Waals surface area contributed by atoms with Crippen molar-refractivity contribution in [1.29, 1.82) is 0 Å². The molecular formula is C17H19N5O2S3. The number of anilines is 1. The Morgan fingerprint density at radius 1 is 1.07 bits per heavy atom. The first kappa shape index (κ1) is 18.5. The fourth-order valence-electron chi connectivity index (χ4n) is 3.04. The van der Waals surface area contributed by atoms with Crippen molar-refractivity contribution in [3.8, 4) is 11.3 Å². The molecule has 0 unspecified atom stereocenters. The Labute approximate surface area is 166 Å². The van der Waals surface area contributed by atoms with Crippen LogP contribution in [-0.2, 0) is 10.0 Å². The summed E-state index contributed by atoms with van der Waals surface area (Å²) in [7, 11) is -3.58. The van der Waals surface area contributed by atoms with E-state index in [9.17, 15) is 8.42 Å². The summed E-state index contributed by atoms with van der Waals surface area (Å²) in [5.74, 6) is 0.571. The van der Waals surface area contributed by atoms with Gasteiger partial charge in [-0.2, -0.15) is 15.6 Å². The van der Waals surface area contributed by atoms with Crippen LogP contribution in [0.2, 0.25) is 0 Å². The van der Waals surface area contributed by atoms with Crippen molar-refractivity contribution in [3.63, 3.8) is 0 Å². The van der Waals surface area contributed by atoms with E-state index in [4.69, 9.17) is 4.98 Å². The highest BCUT2D eigenvalue weighted by Crippen LogP contribution is 2.30. The topological polar surface area (TPSA) is 79.3 Å². The molecule has 142 valence electrons. The monoisotopic (exact) mass is 421 g/mol. The number of piperazine rings is 1. The molecule has 3 aromatic heterocycles. The zero-order valence-electron chi connectivity index (χ0n) is 15.0. The number of rotatable bonds is 4. The maximum absolute atomic E-state index is 12.9. The summed E-state index contributed by atoms with van der Waals surface area (Å²) in [4.78, 5) is 15.3. The maximum atomic E-state index is 12.9. The third-order valence-corrected chi connectivity index (χ3v) is 8.08. The van der Waals surface area contributed by atoms with Crippen LogP contribution in [-0.4, -0.2) is 53.9 Å². The number of thiophene rings is 1. The number of nitrogens with zero attached hydrogens (tertiary/aromatic N) is 5. The fraction of sp³-hybridized carbons (Fsp3) is 0.353. The van der Waals surface area contributed by atoms with Crippen molar-refractivity contribution in [2.45, 2.75) is 18.7 Å². The third kappa shape index (κ3) is 3.62. The van der Waals surface area contributed by atoms with Crippen LogP contribution in [0.25, 0.3) is 11.3 Å². The van der Waals surface area contributed by atoms with Gasteiger partial charge in [0.2, 0.25) is 10.0 Å². The van der Waals surface area contributed by atoms with Gasteiger partial charge < -0.3 is 4.90 Å². The molecule has 7 nitrogen and oxygen atoms in total. The molecule has 0 N–H and O–H groups in total. The normalized spacial score (nSPS) is 16.0. The molecule has 4 heterocycles. The van der Waals surface area contributed by atoms with Gasteiger partial charge in [-0.15, -0.1) is 11.3 Å². The van der Waals surface area contributed by atoms with Crippen LogP contribution in [0.4, 0.5) is 5.13 Å². The van der Waals surface area contributed by atoms with Crippen LogP contribution < -0.4 is 4.90 Å². The average molecular weight is 422 g/mol. The maximum Gasteiger partial charge on any atom is 0.246 e. The Kier molecular flexibility index (Phi) is 4.97. The van der Waals surface area contributed by atoms with E-state index in [-0.39, 0.29) is 4.90 Å².